The number of esters is 1. The minimum Gasteiger partial charge on any atom is -0.493 e. The van der Waals surface area contributed by atoms with Gasteiger partial charge < -0.3 is 23.5 Å². The molecule has 0 fully saturated rings. The maximum absolute atomic E-state index is 12.7. The van der Waals surface area contributed by atoms with Crippen molar-refractivity contribution in [1.29, 1.82) is 0 Å². The number of aromatic nitrogens is 1. The lowest BCUT2D eigenvalue weighted by Gasteiger charge is -2.34. The first kappa shape index (κ1) is 22.9. The van der Waals surface area contributed by atoms with E-state index in [1.807, 2.05) is 16.7 Å². The molecule has 0 aliphatic carbocycles. The third-order valence-corrected chi connectivity index (χ3v) is 5.55. The SMILES string of the molecule is CCOC(=O)c1cn2c(cc1=O)-c1cc(OC)c(OCCCOC)cc1C[C@H]2C(C)C. The second-order valence-electron chi connectivity index (χ2n) is 7.93. The number of nitrogens with zero attached hydrogens (tertiary/aromatic N) is 1. The molecular formula is C24H31NO6. The third kappa shape index (κ3) is 4.77. The van der Waals surface area contributed by atoms with Gasteiger partial charge in [0, 0.05) is 44.0 Å². The van der Waals surface area contributed by atoms with Gasteiger partial charge in [-0.2, -0.15) is 0 Å². The maximum atomic E-state index is 12.7. The van der Waals surface area contributed by atoms with Gasteiger partial charge in [0.25, 0.3) is 0 Å². The fraction of sp³-hybridized carbons (Fsp3) is 0.500. The zero-order valence-electron chi connectivity index (χ0n) is 18.9. The number of fused-ring (bicyclic) bond motifs is 3. The number of rotatable bonds is 9. The van der Waals surface area contributed by atoms with Crippen molar-refractivity contribution in [2.75, 3.05) is 34.0 Å². The van der Waals surface area contributed by atoms with E-state index in [0.29, 0.717) is 24.7 Å². The fourth-order valence-electron chi connectivity index (χ4n) is 3.95. The molecule has 0 amide bonds. The molecule has 3 rings (SSSR count). The van der Waals surface area contributed by atoms with Crippen molar-refractivity contribution >= 4 is 5.97 Å². The molecule has 0 bridgehead atoms. The zero-order chi connectivity index (χ0) is 22.5. The standard InChI is InChI=1S/C24H31NO6/c1-6-30-24(27)18-14-25-19(15(2)3)10-16-11-23(31-9-7-8-28-4)22(29-5)12-17(16)20(25)13-21(18)26/h11-15,19H,6-10H2,1-5H3/t19-/m0/s1. The van der Waals surface area contributed by atoms with Gasteiger partial charge in [-0.15, -0.1) is 0 Å². The molecule has 0 saturated carbocycles. The summed E-state index contributed by atoms with van der Waals surface area (Å²) in [5, 5.41) is 0. The van der Waals surface area contributed by atoms with Crippen LogP contribution in [0.3, 0.4) is 0 Å². The van der Waals surface area contributed by atoms with Gasteiger partial charge in [-0.25, -0.2) is 4.79 Å². The average molecular weight is 430 g/mol. The molecule has 0 radical (unpaired) electrons. The van der Waals surface area contributed by atoms with Crippen molar-refractivity contribution < 1.29 is 23.7 Å². The Bertz CT molecular complexity index is 994. The minimum atomic E-state index is -0.589. The molecule has 1 aliphatic heterocycles. The zero-order valence-corrected chi connectivity index (χ0v) is 18.9. The Hall–Kier alpha value is -2.80. The maximum Gasteiger partial charge on any atom is 0.343 e. The summed E-state index contributed by atoms with van der Waals surface area (Å²) in [6.45, 7) is 7.36. The summed E-state index contributed by atoms with van der Waals surface area (Å²) in [5.41, 5.74) is 2.47. The van der Waals surface area contributed by atoms with Gasteiger partial charge in [-0.3, -0.25) is 4.79 Å². The van der Waals surface area contributed by atoms with Gasteiger partial charge in [-0.1, -0.05) is 13.8 Å². The summed E-state index contributed by atoms with van der Waals surface area (Å²) < 4.78 is 23.7. The first-order chi connectivity index (χ1) is 14.9. The first-order valence-corrected chi connectivity index (χ1v) is 10.7. The van der Waals surface area contributed by atoms with E-state index in [0.717, 1.165) is 29.7 Å². The number of benzene rings is 1. The van der Waals surface area contributed by atoms with Crippen LogP contribution in [0.4, 0.5) is 0 Å². The Balaban J connectivity index is 2.09. The molecule has 1 atom stereocenters. The van der Waals surface area contributed by atoms with Crippen molar-refractivity contribution in [2.24, 2.45) is 5.92 Å². The molecule has 1 aromatic carbocycles. The van der Waals surface area contributed by atoms with Gasteiger partial charge >= 0.3 is 5.97 Å². The second-order valence-corrected chi connectivity index (χ2v) is 7.93. The number of carbonyl (C=O) groups excluding carboxylic acids is 1. The number of hydrogen-bond acceptors (Lipinski definition) is 6. The number of carbonyl (C=O) groups is 1. The predicted molar refractivity (Wildman–Crippen MR) is 118 cm³/mol. The topological polar surface area (TPSA) is 76.0 Å². The fourth-order valence-corrected chi connectivity index (χ4v) is 3.95. The summed E-state index contributed by atoms with van der Waals surface area (Å²) >= 11 is 0. The van der Waals surface area contributed by atoms with E-state index < -0.39 is 5.97 Å². The lowest BCUT2D eigenvalue weighted by atomic mass is 9.87. The smallest absolute Gasteiger partial charge is 0.343 e. The number of methoxy groups -OCH3 is 2. The molecule has 0 saturated heterocycles. The molecule has 2 aromatic rings. The number of ether oxygens (including phenoxy) is 4. The summed E-state index contributed by atoms with van der Waals surface area (Å²) in [6.07, 6.45) is 3.18. The number of hydrogen-bond donors (Lipinski definition) is 0. The van der Waals surface area contributed by atoms with Crippen LogP contribution in [0.2, 0.25) is 0 Å². The first-order valence-electron chi connectivity index (χ1n) is 10.7. The molecule has 0 unspecified atom stereocenters. The normalized spacial score (nSPS) is 14.7. The van der Waals surface area contributed by atoms with E-state index in [4.69, 9.17) is 18.9 Å². The van der Waals surface area contributed by atoms with Gasteiger partial charge in [0.05, 0.1) is 26.0 Å². The number of pyridine rings is 1. The summed E-state index contributed by atoms with van der Waals surface area (Å²) in [5.74, 6) is 0.984. The van der Waals surface area contributed by atoms with Crippen molar-refractivity contribution in [1.82, 2.24) is 4.57 Å². The molecule has 2 heterocycles. The quantitative estimate of drug-likeness (QED) is 0.445. The highest BCUT2D eigenvalue weighted by atomic mass is 16.5. The van der Waals surface area contributed by atoms with Crippen LogP contribution in [0.25, 0.3) is 11.3 Å². The lowest BCUT2D eigenvalue weighted by Crippen LogP contribution is -2.28. The molecule has 1 aliphatic rings. The van der Waals surface area contributed by atoms with Crippen LogP contribution in [0.15, 0.2) is 29.2 Å². The van der Waals surface area contributed by atoms with Crippen LogP contribution in [0.1, 0.15) is 49.2 Å². The Kier molecular flexibility index (Phi) is 7.38. The molecule has 7 heteroatoms. The van der Waals surface area contributed by atoms with Crippen LogP contribution < -0.4 is 14.9 Å². The van der Waals surface area contributed by atoms with E-state index in [-0.39, 0.29) is 29.6 Å². The predicted octanol–water partition coefficient (Wildman–Crippen LogP) is 3.87. The Morgan fingerprint density at radius 3 is 2.58 bits per heavy atom. The van der Waals surface area contributed by atoms with E-state index in [9.17, 15) is 9.59 Å². The summed E-state index contributed by atoms with van der Waals surface area (Å²) in [7, 11) is 3.26. The van der Waals surface area contributed by atoms with Crippen LogP contribution in [0.5, 0.6) is 11.5 Å². The van der Waals surface area contributed by atoms with E-state index in [2.05, 4.69) is 13.8 Å². The van der Waals surface area contributed by atoms with Crippen molar-refractivity contribution in [3.63, 3.8) is 0 Å². The molecule has 1 aromatic heterocycles. The van der Waals surface area contributed by atoms with E-state index in [1.54, 1.807) is 27.3 Å². The Morgan fingerprint density at radius 1 is 1.16 bits per heavy atom. The van der Waals surface area contributed by atoms with Crippen LogP contribution >= 0.6 is 0 Å². The van der Waals surface area contributed by atoms with Crippen LogP contribution in [-0.2, 0) is 15.9 Å². The average Bonchev–Trinajstić information content (AvgIpc) is 2.75. The minimum absolute atomic E-state index is 0.0600. The van der Waals surface area contributed by atoms with Gasteiger partial charge in [-0.05, 0) is 37.0 Å². The van der Waals surface area contributed by atoms with Crippen molar-refractivity contribution in [2.45, 2.75) is 39.7 Å². The Morgan fingerprint density at radius 2 is 1.94 bits per heavy atom. The van der Waals surface area contributed by atoms with E-state index >= 15 is 0 Å². The molecule has 168 valence electrons. The Labute approximate surface area is 182 Å². The highest BCUT2D eigenvalue weighted by Gasteiger charge is 2.29. The van der Waals surface area contributed by atoms with E-state index in [1.165, 1.54) is 6.07 Å². The van der Waals surface area contributed by atoms with Gasteiger partial charge in [0.2, 0.25) is 0 Å². The monoisotopic (exact) mass is 429 g/mol. The van der Waals surface area contributed by atoms with Crippen LogP contribution in [0, 0.1) is 5.92 Å². The highest BCUT2D eigenvalue weighted by Crippen LogP contribution is 2.42. The van der Waals surface area contributed by atoms with Crippen molar-refractivity contribution in [3.05, 3.63) is 45.7 Å². The second kappa shape index (κ2) is 10.0. The lowest BCUT2D eigenvalue weighted by molar-refractivity contribution is 0.0523. The molecule has 31 heavy (non-hydrogen) atoms. The van der Waals surface area contributed by atoms with Gasteiger partial charge in [0.1, 0.15) is 5.56 Å². The molecule has 7 nitrogen and oxygen atoms in total. The summed E-state index contributed by atoms with van der Waals surface area (Å²) in [4.78, 5) is 25.0. The highest BCUT2D eigenvalue weighted by molar-refractivity contribution is 5.89. The van der Waals surface area contributed by atoms with Gasteiger partial charge in [0.15, 0.2) is 16.9 Å². The molecular weight excluding hydrogens is 398 g/mol. The van der Waals surface area contributed by atoms with Crippen LogP contribution in [-0.4, -0.2) is 44.6 Å². The molecule has 0 spiro atoms. The largest absolute Gasteiger partial charge is 0.493 e. The van der Waals surface area contributed by atoms with Crippen molar-refractivity contribution in [3.8, 4) is 22.8 Å². The third-order valence-electron chi connectivity index (χ3n) is 5.55. The molecule has 0 N–H and O–H groups in total. The summed E-state index contributed by atoms with van der Waals surface area (Å²) in [6, 6.07) is 5.53.